The molecule has 2 N–H and O–H groups in total. The molecule has 5 heteroatoms. The Balaban J connectivity index is 1.78. The number of hydrogen-bond acceptors (Lipinski definition) is 3. The normalized spacial score (nSPS) is 17.1. The van der Waals surface area contributed by atoms with E-state index in [-0.39, 0.29) is 5.91 Å². The van der Waals surface area contributed by atoms with Crippen molar-refractivity contribution in [1.29, 1.82) is 0 Å². The van der Waals surface area contributed by atoms with Crippen LogP contribution in [0.2, 0.25) is 0 Å². The van der Waals surface area contributed by atoms with E-state index < -0.39 is 0 Å². The van der Waals surface area contributed by atoms with Crippen molar-refractivity contribution in [3.05, 3.63) is 11.9 Å². The van der Waals surface area contributed by atoms with Gasteiger partial charge in [-0.25, -0.2) is 0 Å². The van der Waals surface area contributed by atoms with Gasteiger partial charge in [0.15, 0.2) is 5.69 Å². The fourth-order valence-corrected chi connectivity index (χ4v) is 1.85. The highest BCUT2D eigenvalue weighted by Crippen LogP contribution is 2.23. The molecule has 1 aromatic rings. The van der Waals surface area contributed by atoms with E-state index in [1.165, 1.54) is 31.9 Å². The van der Waals surface area contributed by atoms with Crippen molar-refractivity contribution in [1.82, 2.24) is 20.7 Å². The molecule has 0 aromatic carbocycles. The number of amides is 1. The van der Waals surface area contributed by atoms with Crippen molar-refractivity contribution in [2.75, 3.05) is 6.54 Å². The molecule has 0 aliphatic heterocycles. The molecule has 0 bridgehead atoms. The zero-order chi connectivity index (χ0) is 9.80. The highest BCUT2D eigenvalue weighted by Gasteiger charge is 2.16. The third-order valence-electron chi connectivity index (χ3n) is 2.67. The van der Waals surface area contributed by atoms with Crippen molar-refractivity contribution >= 4 is 5.91 Å². The molecule has 0 atom stereocenters. The van der Waals surface area contributed by atoms with Gasteiger partial charge in [-0.1, -0.05) is 12.8 Å². The minimum atomic E-state index is -0.134. The summed E-state index contributed by atoms with van der Waals surface area (Å²) < 4.78 is 0. The molecule has 1 fully saturated rings. The molecule has 1 heterocycles. The third-order valence-corrected chi connectivity index (χ3v) is 2.67. The summed E-state index contributed by atoms with van der Waals surface area (Å²) in [6.07, 6.45) is 6.50. The van der Waals surface area contributed by atoms with E-state index in [0.717, 1.165) is 6.54 Å². The first-order valence-electron chi connectivity index (χ1n) is 5.00. The van der Waals surface area contributed by atoms with E-state index >= 15 is 0 Å². The van der Waals surface area contributed by atoms with E-state index in [9.17, 15) is 4.79 Å². The van der Waals surface area contributed by atoms with Crippen LogP contribution in [0.1, 0.15) is 36.2 Å². The molecule has 1 aliphatic rings. The zero-order valence-electron chi connectivity index (χ0n) is 7.99. The Labute approximate surface area is 82.3 Å². The Kier molecular flexibility index (Phi) is 2.76. The smallest absolute Gasteiger partial charge is 0.273 e. The minimum Gasteiger partial charge on any atom is -0.350 e. The van der Waals surface area contributed by atoms with Crippen LogP contribution in [0, 0.1) is 5.92 Å². The summed E-state index contributed by atoms with van der Waals surface area (Å²) in [5.74, 6) is 0.525. The van der Waals surface area contributed by atoms with Crippen LogP contribution in [0.5, 0.6) is 0 Å². The highest BCUT2D eigenvalue weighted by molar-refractivity contribution is 5.91. The molecule has 1 aliphatic carbocycles. The fraction of sp³-hybridized carbons (Fsp3) is 0.667. The number of hydrogen-bond donors (Lipinski definition) is 2. The molecule has 0 unspecified atom stereocenters. The van der Waals surface area contributed by atoms with Crippen LogP contribution < -0.4 is 5.32 Å². The summed E-state index contributed by atoms with van der Waals surface area (Å²) in [5, 5.41) is 12.6. The highest BCUT2D eigenvalue weighted by atomic mass is 16.1. The first-order valence-corrected chi connectivity index (χ1v) is 5.00. The van der Waals surface area contributed by atoms with Crippen molar-refractivity contribution in [3.8, 4) is 0 Å². The first-order chi connectivity index (χ1) is 6.86. The molecule has 1 amide bonds. The molecule has 1 saturated carbocycles. The topological polar surface area (TPSA) is 70.7 Å². The number of aromatic amines is 1. The Morgan fingerprint density at radius 1 is 1.57 bits per heavy atom. The van der Waals surface area contributed by atoms with Gasteiger partial charge in [-0.15, -0.1) is 0 Å². The lowest BCUT2D eigenvalue weighted by molar-refractivity contribution is 0.0942. The number of aromatic nitrogens is 3. The molecule has 0 spiro atoms. The van der Waals surface area contributed by atoms with E-state index in [0.29, 0.717) is 11.6 Å². The number of carbonyl (C=O) groups is 1. The summed E-state index contributed by atoms with van der Waals surface area (Å²) in [6.45, 7) is 0.770. The Hall–Kier alpha value is -1.39. The second-order valence-corrected chi connectivity index (χ2v) is 3.72. The largest absolute Gasteiger partial charge is 0.350 e. The van der Waals surface area contributed by atoms with Gasteiger partial charge in [0.2, 0.25) is 0 Å². The Morgan fingerprint density at radius 2 is 2.36 bits per heavy atom. The molecule has 76 valence electrons. The summed E-state index contributed by atoms with van der Waals surface area (Å²) in [5.41, 5.74) is 0.364. The van der Waals surface area contributed by atoms with Crippen LogP contribution >= 0.6 is 0 Å². The lowest BCUT2D eigenvalue weighted by Gasteiger charge is -2.08. The van der Waals surface area contributed by atoms with Gasteiger partial charge in [-0.2, -0.15) is 15.4 Å². The molecule has 0 saturated heterocycles. The summed E-state index contributed by atoms with van der Waals surface area (Å²) in [7, 11) is 0. The molecular weight excluding hydrogens is 180 g/mol. The number of nitrogens with one attached hydrogen (secondary N) is 2. The monoisotopic (exact) mass is 194 g/mol. The second-order valence-electron chi connectivity index (χ2n) is 3.72. The first kappa shape index (κ1) is 9.18. The lowest BCUT2D eigenvalue weighted by Crippen LogP contribution is -2.28. The molecule has 0 radical (unpaired) electrons. The molecule has 2 rings (SSSR count). The standard InChI is InChI=1S/C9H14N4O/c14-9(8-6-11-13-12-8)10-5-7-3-1-2-4-7/h6-7H,1-5H2,(H,10,14)(H,11,12,13). The van der Waals surface area contributed by atoms with Gasteiger partial charge in [0.25, 0.3) is 5.91 Å². The van der Waals surface area contributed by atoms with Crippen LogP contribution in [0.4, 0.5) is 0 Å². The average molecular weight is 194 g/mol. The average Bonchev–Trinajstić information content (AvgIpc) is 2.87. The predicted octanol–water partition coefficient (Wildman–Crippen LogP) is 0.725. The lowest BCUT2D eigenvalue weighted by atomic mass is 10.1. The van der Waals surface area contributed by atoms with E-state index in [2.05, 4.69) is 20.7 Å². The zero-order valence-corrected chi connectivity index (χ0v) is 7.99. The van der Waals surface area contributed by atoms with Crippen molar-refractivity contribution in [2.45, 2.75) is 25.7 Å². The third kappa shape index (κ3) is 2.10. The number of nitrogens with zero attached hydrogens (tertiary/aromatic N) is 2. The molecule has 14 heavy (non-hydrogen) atoms. The van der Waals surface area contributed by atoms with Gasteiger partial charge < -0.3 is 5.32 Å². The quantitative estimate of drug-likeness (QED) is 0.745. The van der Waals surface area contributed by atoms with Crippen molar-refractivity contribution in [3.63, 3.8) is 0 Å². The molecule has 1 aromatic heterocycles. The number of rotatable bonds is 3. The fourth-order valence-electron chi connectivity index (χ4n) is 1.85. The maximum absolute atomic E-state index is 11.4. The van der Waals surface area contributed by atoms with Crippen molar-refractivity contribution < 1.29 is 4.79 Å². The summed E-state index contributed by atoms with van der Waals surface area (Å²) >= 11 is 0. The van der Waals surface area contributed by atoms with Crippen molar-refractivity contribution in [2.24, 2.45) is 5.92 Å². The van der Waals surface area contributed by atoms with E-state index in [1.54, 1.807) is 0 Å². The van der Waals surface area contributed by atoms with Crippen LogP contribution in [0.3, 0.4) is 0 Å². The SMILES string of the molecule is O=C(NCC1CCCC1)c1cn[nH]n1. The van der Waals surface area contributed by atoms with Crippen LogP contribution in [0.25, 0.3) is 0 Å². The molecule has 5 nitrogen and oxygen atoms in total. The Bertz CT molecular complexity index is 290. The van der Waals surface area contributed by atoms with Gasteiger partial charge in [0.1, 0.15) is 0 Å². The summed E-state index contributed by atoms with van der Waals surface area (Å²) in [6, 6.07) is 0. The summed E-state index contributed by atoms with van der Waals surface area (Å²) in [4.78, 5) is 11.4. The van der Waals surface area contributed by atoms with Gasteiger partial charge in [-0.05, 0) is 18.8 Å². The van der Waals surface area contributed by atoms with Gasteiger partial charge >= 0.3 is 0 Å². The number of H-pyrrole nitrogens is 1. The van der Waals surface area contributed by atoms with Crippen LogP contribution in [0.15, 0.2) is 6.20 Å². The van der Waals surface area contributed by atoms with E-state index in [4.69, 9.17) is 0 Å². The minimum absolute atomic E-state index is 0.134. The van der Waals surface area contributed by atoms with E-state index in [1.807, 2.05) is 0 Å². The van der Waals surface area contributed by atoms with Gasteiger partial charge in [0, 0.05) is 6.54 Å². The van der Waals surface area contributed by atoms with Gasteiger partial charge in [0.05, 0.1) is 6.20 Å². The maximum Gasteiger partial charge on any atom is 0.273 e. The maximum atomic E-state index is 11.4. The Morgan fingerprint density at radius 3 is 3.00 bits per heavy atom. The molecular formula is C9H14N4O. The van der Waals surface area contributed by atoms with Crippen LogP contribution in [-0.2, 0) is 0 Å². The van der Waals surface area contributed by atoms with Gasteiger partial charge in [-0.3, -0.25) is 4.79 Å². The number of carbonyl (C=O) groups excluding carboxylic acids is 1. The second kappa shape index (κ2) is 4.21. The van der Waals surface area contributed by atoms with Crippen LogP contribution in [-0.4, -0.2) is 27.9 Å². The predicted molar refractivity (Wildman–Crippen MR) is 50.7 cm³/mol.